The summed E-state index contributed by atoms with van der Waals surface area (Å²) >= 11 is 1.87. The van der Waals surface area contributed by atoms with E-state index in [1.165, 1.54) is 53.6 Å². The van der Waals surface area contributed by atoms with Gasteiger partial charge in [0.25, 0.3) is 0 Å². The van der Waals surface area contributed by atoms with Crippen LogP contribution in [0.3, 0.4) is 0 Å². The minimum Gasteiger partial charge on any atom is -0.208 e. The number of aryl methyl sites for hydroxylation is 1. The molecule has 0 spiro atoms. The van der Waals surface area contributed by atoms with E-state index in [0.717, 1.165) is 22.3 Å². The molecule has 0 N–H and O–H groups in total. The first-order valence-electron chi connectivity index (χ1n) is 16.8. The highest BCUT2D eigenvalue weighted by atomic mass is 32.1. The van der Waals surface area contributed by atoms with Crippen LogP contribution in [0.15, 0.2) is 170 Å². The van der Waals surface area contributed by atoms with E-state index in [1.54, 1.807) is 0 Å². The second-order valence-corrected chi connectivity index (χ2v) is 13.5. The van der Waals surface area contributed by atoms with Crippen molar-refractivity contribution in [2.45, 2.75) is 6.92 Å². The summed E-state index contributed by atoms with van der Waals surface area (Å²) in [7, 11) is 0. The first kappa shape index (κ1) is 29.9. The third-order valence-corrected chi connectivity index (χ3v) is 10.5. The number of fused-ring (bicyclic) bond motifs is 3. The molecular weight excluding hydrogens is 627 g/mol. The van der Waals surface area contributed by atoms with Crippen molar-refractivity contribution in [3.63, 3.8) is 0 Å². The number of aromatic nitrogens is 3. The van der Waals surface area contributed by atoms with Crippen molar-refractivity contribution in [1.29, 1.82) is 0 Å². The molecule has 0 fully saturated rings. The van der Waals surface area contributed by atoms with Gasteiger partial charge in [-0.15, -0.1) is 11.3 Å². The predicted octanol–water partition coefficient (Wildman–Crippen LogP) is 12.5. The lowest BCUT2D eigenvalue weighted by Gasteiger charge is -2.09. The quantitative estimate of drug-likeness (QED) is 0.179. The van der Waals surface area contributed by atoms with Gasteiger partial charge in [-0.2, -0.15) is 0 Å². The van der Waals surface area contributed by atoms with E-state index in [-0.39, 0.29) is 0 Å². The SMILES string of the molecule is Cc1cccc(-c2ccc(-c3cccc4c3sc3c(-c5ccc(-c6nc(-c7ccccc7)nc(-c7ccccc7)n6)cc5)cccc34)cc2)c1. The molecule has 2 heterocycles. The summed E-state index contributed by atoms with van der Waals surface area (Å²) < 4.78 is 2.60. The van der Waals surface area contributed by atoms with Crippen molar-refractivity contribution >= 4 is 31.5 Å². The molecule has 0 bridgehead atoms. The third kappa shape index (κ3) is 5.56. The molecule has 9 aromatic rings. The molecule has 7 aromatic carbocycles. The lowest BCUT2D eigenvalue weighted by molar-refractivity contribution is 1.07. The van der Waals surface area contributed by atoms with Gasteiger partial charge in [-0.3, -0.25) is 0 Å². The minimum atomic E-state index is 0.655. The minimum absolute atomic E-state index is 0.655. The van der Waals surface area contributed by atoms with Crippen molar-refractivity contribution < 1.29 is 0 Å². The highest BCUT2D eigenvalue weighted by Crippen LogP contribution is 2.44. The largest absolute Gasteiger partial charge is 0.208 e. The van der Waals surface area contributed by atoms with E-state index in [1.807, 2.05) is 72.0 Å². The summed E-state index contributed by atoms with van der Waals surface area (Å²) in [6.45, 7) is 2.14. The van der Waals surface area contributed by atoms with E-state index < -0.39 is 0 Å². The third-order valence-electron chi connectivity index (χ3n) is 9.23. The van der Waals surface area contributed by atoms with Gasteiger partial charge >= 0.3 is 0 Å². The van der Waals surface area contributed by atoms with Gasteiger partial charge in [-0.25, -0.2) is 15.0 Å². The number of thiophene rings is 1. The van der Waals surface area contributed by atoms with Crippen molar-refractivity contribution in [2.24, 2.45) is 0 Å². The van der Waals surface area contributed by atoms with Crippen molar-refractivity contribution in [3.8, 4) is 67.5 Å². The lowest BCUT2D eigenvalue weighted by Crippen LogP contribution is -2.00. The Balaban J connectivity index is 1.09. The topological polar surface area (TPSA) is 38.7 Å². The predicted molar refractivity (Wildman–Crippen MR) is 210 cm³/mol. The van der Waals surface area contributed by atoms with Crippen molar-refractivity contribution in [3.05, 3.63) is 175 Å². The molecule has 0 saturated carbocycles. The molecule has 0 radical (unpaired) electrons. The normalized spacial score (nSPS) is 11.3. The van der Waals surface area contributed by atoms with Gasteiger partial charge in [0.1, 0.15) is 0 Å². The second-order valence-electron chi connectivity index (χ2n) is 12.5. The van der Waals surface area contributed by atoms with Crippen LogP contribution in [0.5, 0.6) is 0 Å². The van der Waals surface area contributed by atoms with E-state index in [4.69, 9.17) is 15.0 Å². The van der Waals surface area contributed by atoms with Crippen LogP contribution in [0.25, 0.3) is 87.7 Å². The van der Waals surface area contributed by atoms with Gasteiger partial charge in [0.2, 0.25) is 0 Å². The standard InChI is InChI=1S/C46H31N3S/c1-30-11-8-16-37(29-30)31-21-23-32(24-22-31)38-17-9-19-40-41-20-10-18-39(43(41)50-42(38)40)33-25-27-36(28-26-33)46-48-44(34-12-4-2-5-13-34)47-45(49-46)35-14-6-3-7-15-35/h2-29H,1H3. The fraction of sp³-hybridized carbons (Fsp3) is 0.0217. The Labute approximate surface area is 295 Å². The van der Waals surface area contributed by atoms with Gasteiger partial charge in [0.05, 0.1) is 0 Å². The first-order valence-corrected chi connectivity index (χ1v) is 17.6. The number of nitrogens with zero attached hydrogens (tertiary/aromatic N) is 3. The molecule has 0 saturated heterocycles. The van der Waals surface area contributed by atoms with E-state index in [2.05, 4.69) is 116 Å². The zero-order valence-corrected chi connectivity index (χ0v) is 28.2. The Morgan fingerprint density at radius 2 is 0.740 bits per heavy atom. The number of hydrogen-bond acceptors (Lipinski definition) is 4. The molecule has 4 heteroatoms. The smallest absolute Gasteiger partial charge is 0.164 e. The summed E-state index contributed by atoms with van der Waals surface area (Å²) in [5, 5.41) is 2.57. The Kier molecular flexibility index (Phi) is 7.57. The lowest BCUT2D eigenvalue weighted by atomic mass is 9.97. The van der Waals surface area contributed by atoms with Gasteiger partial charge in [0, 0.05) is 36.9 Å². The molecule has 0 amide bonds. The molecule has 0 aliphatic rings. The zero-order valence-electron chi connectivity index (χ0n) is 27.4. The molecule has 236 valence electrons. The number of benzene rings is 7. The number of rotatable bonds is 6. The van der Waals surface area contributed by atoms with E-state index in [0.29, 0.717) is 17.5 Å². The Morgan fingerprint density at radius 1 is 0.340 bits per heavy atom. The van der Waals surface area contributed by atoms with Gasteiger partial charge in [-0.05, 0) is 40.3 Å². The average molecular weight is 658 g/mol. The highest BCUT2D eigenvalue weighted by Gasteiger charge is 2.16. The number of hydrogen-bond donors (Lipinski definition) is 0. The summed E-state index contributed by atoms with van der Waals surface area (Å²) in [5.74, 6) is 1.98. The maximum Gasteiger partial charge on any atom is 0.164 e. The molecule has 3 nitrogen and oxygen atoms in total. The zero-order chi connectivity index (χ0) is 33.4. The Bertz CT molecular complexity index is 2570. The molecule has 0 unspecified atom stereocenters. The van der Waals surface area contributed by atoms with Crippen LogP contribution in [-0.4, -0.2) is 15.0 Å². The van der Waals surface area contributed by atoms with Crippen LogP contribution < -0.4 is 0 Å². The fourth-order valence-electron chi connectivity index (χ4n) is 6.68. The van der Waals surface area contributed by atoms with E-state index in [9.17, 15) is 0 Å². The van der Waals surface area contributed by atoms with Crippen molar-refractivity contribution in [2.75, 3.05) is 0 Å². The molecule has 9 rings (SSSR count). The average Bonchev–Trinajstić information content (AvgIpc) is 3.58. The summed E-state index contributed by atoms with van der Waals surface area (Å²) in [6.07, 6.45) is 0. The fourth-order valence-corrected chi connectivity index (χ4v) is 8.05. The first-order chi connectivity index (χ1) is 24.7. The van der Waals surface area contributed by atoms with Crippen LogP contribution in [0, 0.1) is 6.92 Å². The van der Waals surface area contributed by atoms with Crippen molar-refractivity contribution in [1.82, 2.24) is 15.0 Å². The summed E-state index contributed by atoms with van der Waals surface area (Å²) in [6, 6.07) is 59.8. The van der Waals surface area contributed by atoms with E-state index >= 15 is 0 Å². The Morgan fingerprint density at radius 3 is 1.22 bits per heavy atom. The molecule has 0 aliphatic carbocycles. The highest BCUT2D eigenvalue weighted by molar-refractivity contribution is 7.26. The van der Waals surface area contributed by atoms with Gasteiger partial charge in [0.15, 0.2) is 17.5 Å². The molecule has 0 aliphatic heterocycles. The van der Waals surface area contributed by atoms with Crippen LogP contribution in [0.4, 0.5) is 0 Å². The van der Waals surface area contributed by atoms with Gasteiger partial charge in [-0.1, -0.05) is 175 Å². The van der Waals surface area contributed by atoms with Crippen LogP contribution in [-0.2, 0) is 0 Å². The monoisotopic (exact) mass is 657 g/mol. The molecule has 50 heavy (non-hydrogen) atoms. The second kappa shape index (κ2) is 12.7. The van der Waals surface area contributed by atoms with Crippen LogP contribution in [0.2, 0.25) is 0 Å². The maximum atomic E-state index is 4.93. The van der Waals surface area contributed by atoms with Crippen LogP contribution >= 0.6 is 11.3 Å². The Hall–Kier alpha value is -6.23. The summed E-state index contributed by atoms with van der Waals surface area (Å²) in [5.41, 5.74) is 11.5. The summed E-state index contributed by atoms with van der Waals surface area (Å²) in [4.78, 5) is 14.7. The molecule has 0 atom stereocenters. The molecule has 2 aromatic heterocycles. The van der Waals surface area contributed by atoms with Crippen LogP contribution in [0.1, 0.15) is 5.56 Å². The maximum absolute atomic E-state index is 4.93. The van der Waals surface area contributed by atoms with Gasteiger partial charge < -0.3 is 0 Å². The molecular formula is C46H31N3S.